The highest BCUT2D eigenvalue weighted by Crippen LogP contribution is 2.36. The molecule has 1 heterocycles. The Labute approximate surface area is 148 Å². The minimum Gasteiger partial charge on any atom is -1.00 e. The molecule has 2 aromatic carbocycles. The average molecular weight is 406 g/mol. The summed E-state index contributed by atoms with van der Waals surface area (Å²) in [6, 6.07) is 20.6. The number of nitrogens with zero attached hydrogens (tertiary/aromatic N) is 2. The largest absolute Gasteiger partial charge is 1.00 e. The summed E-state index contributed by atoms with van der Waals surface area (Å²) in [5, 5.41) is 0. The molecule has 0 aliphatic rings. The molecule has 0 aliphatic heterocycles. The van der Waals surface area contributed by atoms with Gasteiger partial charge in [0.05, 0.1) is 19.7 Å². The third-order valence-electron chi connectivity index (χ3n) is 3.83. The molecule has 114 valence electrons. The molecule has 4 heteroatoms. The molecular formula is C18H19IN2O. The van der Waals surface area contributed by atoms with Crippen LogP contribution in [-0.4, -0.2) is 11.8 Å². The molecule has 3 aromatic rings. The summed E-state index contributed by atoms with van der Waals surface area (Å²) in [5.41, 5.74) is 4.46. The lowest BCUT2D eigenvalue weighted by Crippen LogP contribution is -3.00. The Morgan fingerprint density at radius 2 is 1.36 bits per heavy atom. The van der Waals surface area contributed by atoms with Gasteiger partial charge in [-0.3, -0.25) is 0 Å². The summed E-state index contributed by atoms with van der Waals surface area (Å²) < 4.78 is 9.99. The van der Waals surface area contributed by atoms with Gasteiger partial charge >= 0.3 is 0 Å². The lowest BCUT2D eigenvalue weighted by molar-refractivity contribution is -0.740. The first-order valence-electron chi connectivity index (χ1n) is 6.98. The highest BCUT2D eigenvalue weighted by Gasteiger charge is 2.29. The number of methoxy groups -OCH3 is 1. The van der Waals surface area contributed by atoms with Crippen LogP contribution in [0.1, 0.15) is 0 Å². The van der Waals surface area contributed by atoms with Crippen LogP contribution in [-0.2, 0) is 14.1 Å². The van der Waals surface area contributed by atoms with Crippen LogP contribution in [0.15, 0.2) is 60.7 Å². The maximum Gasteiger partial charge on any atom is 0.280 e. The molecule has 3 nitrogen and oxygen atoms in total. The Bertz CT molecular complexity index is 689. The van der Waals surface area contributed by atoms with Gasteiger partial charge in [0.15, 0.2) is 12.7 Å². The van der Waals surface area contributed by atoms with Crippen molar-refractivity contribution < 1.29 is 33.4 Å². The number of ether oxygens (including phenoxy) is 1. The monoisotopic (exact) mass is 406 g/mol. The van der Waals surface area contributed by atoms with E-state index in [2.05, 4.69) is 47.7 Å². The van der Waals surface area contributed by atoms with Gasteiger partial charge in [-0.05, 0) is 12.1 Å². The first-order valence-corrected chi connectivity index (χ1v) is 6.98. The lowest BCUT2D eigenvalue weighted by atomic mass is 10.1. The number of hydrogen-bond donors (Lipinski definition) is 0. The standard InChI is InChI=1S/C18H19N2O.HI/c1-19-16(14-10-6-4-7-11-14)18(21-3)17(20(19)2)15-12-8-5-9-13-15;/h4-13H,1-3H3;1H/q+1;/p-1. The number of halogens is 1. The molecule has 0 saturated heterocycles. The van der Waals surface area contributed by atoms with Crippen LogP contribution in [0, 0.1) is 0 Å². The molecule has 0 fully saturated rings. The first kappa shape index (κ1) is 16.5. The van der Waals surface area contributed by atoms with Crippen molar-refractivity contribution in [1.29, 1.82) is 0 Å². The Morgan fingerprint density at radius 1 is 0.864 bits per heavy atom. The summed E-state index contributed by atoms with van der Waals surface area (Å²) in [6.45, 7) is 0. The summed E-state index contributed by atoms with van der Waals surface area (Å²) in [5.74, 6) is 0.900. The van der Waals surface area contributed by atoms with Crippen LogP contribution in [0.5, 0.6) is 5.75 Å². The zero-order chi connectivity index (χ0) is 14.8. The minimum atomic E-state index is 0. The van der Waals surface area contributed by atoms with Crippen molar-refractivity contribution in [3.63, 3.8) is 0 Å². The molecule has 0 saturated carbocycles. The molecular weight excluding hydrogens is 387 g/mol. The van der Waals surface area contributed by atoms with Gasteiger partial charge in [-0.2, -0.15) is 4.68 Å². The zero-order valence-electron chi connectivity index (χ0n) is 13.0. The minimum absolute atomic E-state index is 0. The molecule has 1 aromatic heterocycles. The topological polar surface area (TPSA) is 18.0 Å². The van der Waals surface area contributed by atoms with Crippen molar-refractivity contribution >= 4 is 0 Å². The van der Waals surface area contributed by atoms with E-state index < -0.39 is 0 Å². The Morgan fingerprint density at radius 3 is 1.86 bits per heavy atom. The van der Waals surface area contributed by atoms with Crippen molar-refractivity contribution in [3.8, 4) is 28.3 Å². The summed E-state index contributed by atoms with van der Waals surface area (Å²) in [4.78, 5) is 0. The fourth-order valence-corrected chi connectivity index (χ4v) is 2.73. The quantitative estimate of drug-likeness (QED) is 0.449. The molecule has 0 spiro atoms. The van der Waals surface area contributed by atoms with Gasteiger partial charge < -0.3 is 28.7 Å². The molecule has 0 amide bonds. The Kier molecular flexibility index (Phi) is 5.24. The molecule has 0 radical (unpaired) electrons. The van der Waals surface area contributed by atoms with Crippen LogP contribution in [0.2, 0.25) is 0 Å². The van der Waals surface area contributed by atoms with Gasteiger partial charge in [0.25, 0.3) is 5.69 Å². The molecule has 0 bridgehead atoms. The van der Waals surface area contributed by atoms with Crippen LogP contribution >= 0.6 is 0 Å². The predicted octanol–water partition coefficient (Wildman–Crippen LogP) is 0.196. The molecule has 0 aliphatic carbocycles. The Hall–Kier alpha value is -1.82. The van der Waals surface area contributed by atoms with Crippen molar-refractivity contribution in [2.75, 3.05) is 7.11 Å². The van der Waals surface area contributed by atoms with Crippen LogP contribution in [0.4, 0.5) is 0 Å². The fraction of sp³-hybridized carbons (Fsp3) is 0.167. The van der Waals surface area contributed by atoms with Gasteiger partial charge in [-0.15, -0.1) is 4.68 Å². The zero-order valence-corrected chi connectivity index (χ0v) is 15.1. The molecule has 0 N–H and O–H groups in total. The van der Waals surface area contributed by atoms with Gasteiger partial charge in [-0.25, -0.2) is 0 Å². The van der Waals surface area contributed by atoms with Crippen molar-refractivity contribution in [1.82, 2.24) is 4.68 Å². The smallest absolute Gasteiger partial charge is 0.280 e. The van der Waals surface area contributed by atoms with E-state index in [1.165, 1.54) is 0 Å². The van der Waals surface area contributed by atoms with Crippen molar-refractivity contribution in [2.24, 2.45) is 14.1 Å². The second kappa shape index (κ2) is 6.96. The van der Waals surface area contributed by atoms with Gasteiger partial charge in [0.2, 0.25) is 5.75 Å². The maximum absolute atomic E-state index is 5.75. The fourth-order valence-electron chi connectivity index (χ4n) is 2.73. The number of hydrogen-bond acceptors (Lipinski definition) is 1. The highest BCUT2D eigenvalue weighted by atomic mass is 127. The molecule has 0 atom stereocenters. The first-order chi connectivity index (χ1) is 10.2. The SMILES string of the molecule is COc1c(-c2ccccc2)n(C)[n+](C)c1-c1ccccc1.[I-]. The predicted molar refractivity (Wildman–Crippen MR) is 84.0 cm³/mol. The van der Waals surface area contributed by atoms with E-state index in [4.69, 9.17) is 4.74 Å². The third-order valence-corrected chi connectivity index (χ3v) is 3.83. The summed E-state index contributed by atoms with van der Waals surface area (Å²) in [7, 11) is 5.84. The van der Waals surface area contributed by atoms with E-state index in [1.807, 2.05) is 36.4 Å². The van der Waals surface area contributed by atoms with E-state index >= 15 is 0 Å². The Balaban J connectivity index is 0.00000176. The van der Waals surface area contributed by atoms with Crippen LogP contribution < -0.4 is 33.4 Å². The van der Waals surface area contributed by atoms with Crippen molar-refractivity contribution in [3.05, 3.63) is 60.7 Å². The summed E-state index contributed by atoms with van der Waals surface area (Å²) >= 11 is 0. The second-order valence-corrected chi connectivity index (χ2v) is 5.01. The molecule has 0 unspecified atom stereocenters. The summed E-state index contributed by atoms with van der Waals surface area (Å²) in [6.07, 6.45) is 0. The number of benzene rings is 2. The maximum atomic E-state index is 5.75. The van der Waals surface area contributed by atoms with Crippen LogP contribution in [0.3, 0.4) is 0 Å². The van der Waals surface area contributed by atoms with Crippen molar-refractivity contribution in [2.45, 2.75) is 0 Å². The van der Waals surface area contributed by atoms with Crippen LogP contribution in [0.25, 0.3) is 22.5 Å². The van der Waals surface area contributed by atoms with Gasteiger partial charge in [0, 0.05) is 5.56 Å². The highest BCUT2D eigenvalue weighted by molar-refractivity contribution is 5.76. The number of rotatable bonds is 3. The number of aromatic nitrogens is 2. The molecule has 22 heavy (non-hydrogen) atoms. The lowest BCUT2D eigenvalue weighted by Gasteiger charge is -2.02. The van der Waals surface area contributed by atoms with Gasteiger partial charge in [-0.1, -0.05) is 48.5 Å². The molecule has 3 rings (SSSR count). The van der Waals surface area contributed by atoms with E-state index in [1.54, 1.807) is 7.11 Å². The third kappa shape index (κ3) is 2.75. The van der Waals surface area contributed by atoms with Gasteiger partial charge in [0.1, 0.15) is 0 Å². The van der Waals surface area contributed by atoms with E-state index in [-0.39, 0.29) is 24.0 Å². The van der Waals surface area contributed by atoms with E-state index in [0.29, 0.717) is 0 Å². The second-order valence-electron chi connectivity index (χ2n) is 5.01. The average Bonchev–Trinajstić information content (AvgIpc) is 2.80. The van der Waals surface area contributed by atoms with E-state index in [0.717, 1.165) is 28.3 Å². The van der Waals surface area contributed by atoms with E-state index in [9.17, 15) is 0 Å². The normalized spacial score (nSPS) is 10.1.